The first-order valence-corrected chi connectivity index (χ1v) is 6.17. The van der Waals surface area contributed by atoms with Gasteiger partial charge in [0.1, 0.15) is 17.5 Å². The zero-order valence-electron chi connectivity index (χ0n) is 11.9. The number of aromatic nitrogens is 2. The molecule has 0 aliphatic heterocycles. The van der Waals surface area contributed by atoms with Gasteiger partial charge in [0, 0.05) is 31.6 Å². The molecule has 0 aromatic carbocycles. The van der Waals surface area contributed by atoms with Crippen LogP contribution in [-0.2, 0) is 5.41 Å². The number of anilines is 2. The normalized spacial score (nSPS) is 10.9. The minimum absolute atomic E-state index is 0.130. The van der Waals surface area contributed by atoms with Crippen molar-refractivity contribution in [3.8, 4) is 0 Å². The Morgan fingerprint density at radius 2 is 1.89 bits per heavy atom. The summed E-state index contributed by atoms with van der Waals surface area (Å²) in [5.74, 6) is 2.23. The zero-order valence-corrected chi connectivity index (χ0v) is 11.9. The molecule has 1 heterocycles. The number of hydrogen-bond donors (Lipinski definition) is 4. The van der Waals surface area contributed by atoms with Gasteiger partial charge in [0.15, 0.2) is 0 Å². The maximum atomic E-state index is 10.5. The van der Waals surface area contributed by atoms with Gasteiger partial charge >= 0.3 is 6.03 Å². The standard InChI is InChI=1S/C12H22N6O/c1-12(2,3)10-17-8(14-4)7-9(18-10)15-5-6-16-11(13)19/h7H,5-6H2,1-4H3,(H3,13,16,19)(H2,14,15,17,18). The van der Waals surface area contributed by atoms with E-state index in [9.17, 15) is 4.79 Å². The first kappa shape index (κ1) is 15.0. The maximum Gasteiger partial charge on any atom is 0.312 e. The quantitative estimate of drug-likeness (QED) is 0.593. The number of carbonyl (C=O) groups is 1. The second-order valence-electron chi connectivity index (χ2n) is 5.18. The van der Waals surface area contributed by atoms with Gasteiger partial charge in [0.25, 0.3) is 0 Å². The summed E-state index contributed by atoms with van der Waals surface area (Å²) in [6.07, 6.45) is 0. The van der Waals surface area contributed by atoms with Gasteiger partial charge in [-0.1, -0.05) is 20.8 Å². The van der Waals surface area contributed by atoms with Gasteiger partial charge in [0.2, 0.25) is 0 Å². The first-order chi connectivity index (χ1) is 8.82. The third-order valence-electron chi connectivity index (χ3n) is 2.38. The molecule has 1 rings (SSSR count). The van der Waals surface area contributed by atoms with Crippen LogP contribution in [0.3, 0.4) is 0 Å². The highest BCUT2D eigenvalue weighted by atomic mass is 16.2. The van der Waals surface area contributed by atoms with E-state index >= 15 is 0 Å². The molecule has 2 amide bonds. The molecule has 106 valence electrons. The molecule has 1 aromatic rings. The summed E-state index contributed by atoms with van der Waals surface area (Å²) < 4.78 is 0. The molecule has 0 fully saturated rings. The van der Waals surface area contributed by atoms with Crippen molar-refractivity contribution in [1.29, 1.82) is 0 Å². The molecule has 0 spiro atoms. The summed E-state index contributed by atoms with van der Waals surface area (Å²) in [6, 6.07) is 1.29. The van der Waals surface area contributed by atoms with E-state index in [1.165, 1.54) is 0 Å². The van der Waals surface area contributed by atoms with Crippen molar-refractivity contribution < 1.29 is 4.79 Å². The van der Waals surface area contributed by atoms with Crippen LogP contribution < -0.4 is 21.7 Å². The summed E-state index contributed by atoms with van der Waals surface area (Å²) in [6.45, 7) is 7.16. The van der Waals surface area contributed by atoms with Crippen molar-refractivity contribution in [3.05, 3.63) is 11.9 Å². The fourth-order valence-corrected chi connectivity index (χ4v) is 1.38. The number of amides is 2. The van der Waals surface area contributed by atoms with E-state index in [4.69, 9.17) is 5.73 Å². The number of carbonyl (C=O) groups excluding carboxylic acids is 1. The van der Waals surface area contributed by atoms with Gasteiger partial charge in [0.05, 0.1) is 0 Å². The molecule has 7 nitrogen and oxygen atoms in total. The lowest BCUT2D eigenvalue weighted by Crippen LogP contribution is -2.33. The van der Waals surface area contributed by atoms with Crippen LogP contribution in [0.4, 0.5) is 16.4 Å². The number of hydrogen-bond acceptors (Lipinski definition) is 5. The monoisotopic (exact) mass is 266 g/mol. The van der Waals surface area contributed by atoms with E-state index < -0.39 is 6.03 Å². The Kier molecular flexibility index (Phi) is 4.91. The summed E-state index contributed by atoms with van der Waals surface area (Å²) >= 11 is 0. The number of primary amides is 1. The largest absolute Gasteiger partial charge is 0.373 e. The molecule has 5 N–H and O–H groups in total. The Morgan fingerprint density at radius 1 is 1.26 bits per heavy atom. The number of nitrogens with one attached hydrogen (secondary N) is 3. The van der Waals surface area contributed by atoms with Crippen LogP contribution in [-0.4, -0.2) is 36.1 Å². The molecule has 0 saturated heterocycles. The molecule has 7 heteroatoms. The zero-order chi connectivity index (χ0) is 14.5. The molecule has 0 atom stereocenters. The predicted octanol–water partition coefficient (Wildman–Crippen LogP) is 0.896. The number of urea groups is 1. The van der Waals surface area contributed by atoms with Crippen LogP contribution in [0.2, 0.25) is 0 Å². The van der Waals surface area contributed by atoms with Crippen LogP contribution in [0.25, 0.3) is 0 Å². The molecular formula is C12H22N6O. The van der Waals surface area contributed by atoms with Crippen molar-refractivity contribution in [2.45, 2.75) is 26.2 Å². The van der Waals surface area contributed by atoms with Crippen LogP contribution in [0.15, 0.2) is 6.07 Å². The van der Waals surface area contributed by atoms with Crippen LogP contribution in [0.5, 0.6) is 0 Å². The fraction of sp³-hybridized carbons (Fsp3) is 0.583. The first-order valence-electron chi connectivity index (χ1n) is 6.17. The molecular weight excluding hydrogens is 244 g/mol. The van der Waals surface area contributed by atoms with Crippen LogP contribution in [0, 0.1) is 0 Å². The molecule has 0 unspecified atom stereocenters. The SMILES string of the molecule is CNc1cc(NCCNC(N)=O)nc(C(C)(C)C)n1. The van der Waals surface area contributed by atoms with E-state index in [1.807, 2.05) is 13.1 Å². The number of nitrogens with two attached hydrogens (primary N) is 1. The van der Waals surface area contributed by atoms with E-state index in [1.54, 1.807) is 0 Å². The number of rotatable bonds is 5. The summed E-state index contributed by atoms with van der Waals surface area (Å²) in [5, 5.41) is 8.64. The van der Waals surface area contributed by atoms with E-state index in [-0.39, 0.29) is 5.41 Å². The van der Waals surface area contributed by atoms with E-state index in [0.717, 1.165) is 17.5 Å². The van der Waals surface area contributed by atoms with Crippen molar-refractivity contribution in [1.82, 2.24) is 15.3 Å². The average molecular weight is 266 g/mol. The molecule has 0 aliphatic carbocycles. The van der Waals surface area contributed by atoms with Crippen molar-refractivity contribution in [2.24, 2.45) is 5.73 Å². The van der Waals surface area contributed by atoms with E-state index in [2.05, 4.69) is 46.7 Å². The molecule has 1 aromatic heterocycles. The van der Waals surface area contributed by atoms with Gasteiger partial charge in [-0.3, -0.25) is 0 Å². The Hall–Kier alpha value is -2.05. The minimum Gasteiger partial charge on any atom is -0.373 e. The third-order valence-corrected chi connectivity index (χ3v) is 2.38. The fourth-order valence-electron chi connectivity index (χ4n) is 1.38. The highest BCUT2D eigenvalue weighted by Crippen LogP contribution is 2.21. The highest BCUT2D eigenvalue weighted by Gasteiger charge is 2.18. The van der Waals surface area contributed by atoms with Gasteiger partial charge in [-0.2, -0.15) is 0 Å². The molecule has 0 aliphatic rings. The Bertz CT molecular complexity index is 440. The lowest BCUT2D eigenvalue weighted by atomic mass is 9.96. The molecule has 0 bridgehead atoms. The molecule has 19 heavy (non-hydrogen) atoms. The third kappa shape index (κ3) is 4.99. The average Bonchev–Trinajstić information content (AvgIpc) is 2.33. The van der Waals surface area contributed by atoms with Gasteiger partial charge < -0.3 is 21.7 Å². The van der Waals surface area contributed by atoms with Crippen molar-refractivity contribution in [3.63, 3.8) is 0 Å². The van der Waals surface area contributed by atoms with Gasteiger partial charge in [-0.25, -0.2) is 14.8 Å². The predicted molar refractivity (Wildman–Crippen MR) is 76.4 cm³/mol. The second-order valence-corrected chi connectivity index (χ2v) is 5.18. The lowest BCUT2D eigenvalue weighted by molar-refractivity contribution is 0.249. The minimum atomic E-state index is -0.532. The second kappa shape index (κ2) is 6.21. The summed E-state index contributed by atoms with van der Waals surface area (Å²) in [7, 11) is 1.81. The van der Waals surface area contributed by atoms with Crippen LogP contribution >= 0.6 is 0 Å². The Labute approximate surface area is 113 Å². The Balaban J connectivity index is 2.74. The lowest BCUT2D eigenvalue weighted by Gasteiger charge is -2.18. The van der Waals surface area contributed by atoms with Gasteiger partial charge in [-0.15, -0.1) is 0 Å². The maximum absolute atomic E-state index is 10.5. The highest BCUT2D eigenvalue weighted by molar-refractivity contribution is 5.71. The summed E-state index contributed by atoms with van der Waals surface area (Å²) in [4.78, 5) is 19.4. The molecule has 0 saturated carbocycles. The smallest absolute Gasteiger partial charge is 0.312 e. The summed E-state index contributed by atoms with van der Waals surface area (Å²) in [5.41, 5.74) is 4.86. The molecule has 0 radical (unpaired) electrons. The van der Waals surface area contributed by atoms with Crippen LogP contribution in [0.1, 0.15) is 26.6 Å². The topological polar surface area (TPSA) is 105 Å². The van der Waals surface area contributed by atoms with Crippen molar-refractivity contribution >= 4 is 17.7 Å². The Morgan fingerprint density at radius 3 is 2.42 bits per heavy atom. The van der Waals surface area contributed by atoms with Gasteiger partial charge in [-0.05, 0) is 0 Å². The van der Waals surface area contributed by atoms with E-state index in [0.29, 0.717) is 13.1 Å². The number of nitrogens with zero attached hydrogens (tertiary/aromatic N) is 2. The van der Waals surface area contributed by atoms with Crippen molar-refractivity contribution in [2.75, 3.05) is 30.8 Å².